The molecule has 0 fully saturated rings. The van der Waals surface area contributed by atoms with Crippen LogP contribution in [0, 0.1) is 0 Å². The molecule has 23 heavy (non-hydrogen) atoms. The number of carbonyl (C=O) groups excluding carboxylic acids is 1. The Bertz CT molecular complexity index is 712. The van der Waals surface area contributed by atoms with E-state index in [1.165, 1.54) is 4.90 Å². The molecular formula is C19H19NO3. The van der Waals surface area contributed by atoms with Crippen LogP contribution in [0.25, 0.3) is 5.57 Å². The molecule has 3 rings (SSSR count). The molecule has 4 heteroatoms. The molecule has 1 aliphatic heterocycles. The van der Waals surface area contributed by atoms with Crippen molar-refractivity contribution in [2.45, 2.75) is 19.8 Å². The van der Waals surface area contributed by atoms with Gasteiger partial charge in [-0.05, 0) is 18.6 Å². The molecule has 1 amide bonds. The molecule has 0 saturated carbocycles. The number of hydrogen-bond acceptors (Lipinski definition) is 3. The first-order valence-electron chi connectivity index (χ1n) is 7.62. The van der Waals surface area contributed by atoms with Crippen LogP contribution in [-0.2, 0) is 16.1 Å². The molecule has 1 atom stereocenters. The Morgan fingerprint density at radius 1 is 1.13 bits per heavy atom. The van der Waals surface area contributed by atoms with Gasteiger partial charge in [-0.25, -0.2) is 9.69 Å². The number of para-hydroxylation sites is 1. The van der Waals surface area contributed by atoms with Crippen LogP contribution in [0.3, 0.4) is 0 Å². The first-order chi connectivity index (χ1) is 11.2. The van der Waals surface area contributed by atoms with Crippen molar-refractivity contribution in [1.29, 1.82) is 0 Å². The van der Waals surface area contributed by atoms with E-state index in [2.05, 4.69) is 6.58 Å². The molecule has 0 aliphatic carbocycles. The maximum atomic E-state index is 12.4. The predicted molar refractivity (Wildman–Crippen MR) is 90.0 cm³/mol. The van der Waals surface area contributed by atoms with E-state index in [4.69, 9.17) is 9.47 Å². The fourth-order valence-electron chi connectivity index (χ4n) is 2.68. The summed E-state index contributed by atoms with van der Waals surface area (Å²) < 4.78 is 11.2. The molecule has 1 heterocycles. The lowest BCUT2D eigenvalue weighted by Crippen LogP contribution is -2.39. The minimum Gasteiger partial charge on any atom is -0.449 e. The molecule has 1 aliphatic rings. The maximum absolute atomic E-state index is 12.4. The van der Waals surface area contributed by atoms with Gasteiger partial charge in [0.25, 0.3) is 0 Å². The zero-order valence-electron chi connectivity index (χ0n) is 13.1. The lowest BCUT2D eigenvalue weighted by atomic mass is 10.1. The van der Waals surface area contributed by atoms with E-state index in [0.717, 1.165) is 22.4 Å². The Kier molecular flexibility index (Phi) is 4.44. The van der Waals surface area contributed by atoms with Gasteiger partial charge in [-0.1, -0.05) is 55.1 Å². The molecule has 4 nitrogen and oxygen atoms in total. The van der Waals surface area contributed by atoms with Crippen LogP contribution in [-0.4, -0.2) is 18.9 Å². The highest BCUT2D eigenvalue weighted by molar-refractivity contribution is 6.00. The number of nitrogens with zero attached hydrogens (tertiary/aromatic N) is 1. The summed E-state index contributed by atoms with van der Waals surface area (Å²) in [4.78, 5) is 13.9. The summed E-state index contributed by atoms with van der Waals surface area (Å²) in [6.07, 6.45) is -0.969. The van der Waals surface area contributed by atoms with Crippen molar-refractivity contribution in [2.24, 2.45) is 0 Å². The zero-order valence-corrected chi connectivity index (χ0v) is 13.1. The summed E-state index contributed by atoms with van der Waals surface area (Å²) in [5.41, 5.74) is 3.50. The van der Waals surface area contributed by atoms with Crippen LogP contribution in [0.5, 0.6) is 0 Å². The minimum absolute atomic E-state index is 0.315. The van der Waals surface area contributed by atoms with Crippen molar-refractivity contribution >= 4 is 17.4 Å². The van der Waals surface area contributed by atoms with E-state index >= 15 is 0 Å². The topological polar surface area (TPSA) is 38.8 Å². The standard InChI is InChI=1S/C19H19NO3/c1-3-22-19(21)20-17-12-8-7-11-16(17)14(2)18(20)23-13-15-9-5-4-6-10-15/h4-12,18H,2-3,13H2,1H3. The molecule has 0 aromatic heterocycles. The number of amides is 1. The zero-order chi connectivity index (χ0) is 16.2. The molecule has 0 N–H and O–H groups in total. The van der Waals surface area contributed by atoms with Gasteiger partial charge in [-0.2, -0.15) is 0 Å². The van der Waals surface area contributed by atoms with Crippen LogP contribution < -0.4 is 4.90 Å². The Hall–Kier alpha value is -2.59. The minimum atomic E-state index is -0.549. The van der Waals surface area contributed by atoms with E-state index in [0.29, 0.717) is 13.2 Å². The Morgan fingerprint density at radius 3 is 2.57 bits per heavy atom. The summed E-state index contributed by atoms with van der Waals surface area (Å²) in [6.45, 7) is 6.61. The number of benzene rings is 2. The maximum Gasteiger partial charge on any atom is 0.416 e. The van der Waals surface area contributed by atoms with Crippen LogP contribution in [0.1, 0.15) is 18.1 Å². The van der Waals surface area contributed by atoms with Crippen molar-refractivity contribution < 1.29 is 14.3 Å². The predicted octanol–water partition coefficient (Wildman–Crippen LogP) is 4.22. The van der Waals surface area contributed by atoms with E-state index in [1.54, 1.807) is 6.92 Å². The molecule has 0 saturated heterocycles. The van der Waals surface area contributed by atoms with E-state index in [9.17, 15) is 4.79 Å². The number of rotatable bonds is 4. The summed E-state index contributed by atoms with van der Waals surface area (Å²) in [6, 6.07) is 17.5. The van der Waals surface area contributed by atoms with Crippen LogP contribution in [0.15, 0.2) is 61.2 Å². The van der Waals surface area contributed by atoms with Gasteiger partial charge in [-0.15, -0.1) is 0 Å². The molecule has 2 aromatic carbocycles. The van der Waals surface area contributed by atoms with Gasteiger partial charge < -0.3 is 9.47 Å². The molecule has 1 unspecified atom stereocenters. The number of anilines is 1. The normalized spacial score (nSPS) is 16.3. The fourth-order valence-corrected chi connectivity index (χ4v) is 2.68. The average molecular weight is 309 g/mol. The first-order valence-corrected chi connectivity index (χ1v) is 7.62. The van der Waals surface area contributed by atoms with E-state index < -0.39 is 12.3 Å². The van der Waals surface area contributed by atoms with Crippen molar-refractivity contribution in [1.82, 2.24) is 0 Å². The molecule has 0 bridgehead atoms. The van der Waals surface area contributed by atoms with Gasteiger partial charge in [0.05, 0.1) is 18.9 Å². The van der Waals surface area contributed by atoms with Gasteiger partial charge >= 0.3 is 6.09 Å². The van der Waals surface area contributed by atoms with E-state index in [-0.39, 0.29) is 0 Å². The second-order valence-corrected chi connectivity index (χ2v) is 5.26. The smallest absolute Gasteiger partial charge is 0.416 e. The van der Waals surface area contributed by atoms with Crippen molar-refractivity contribution in [3.05, 3.63) is 72.3 Å². The lowest BCUT2D eigenvalue weighted by molar-refractivity contribution is 0.0722. The van der Waals surface area contributed by atoms with Crippen LogP contribution >= 0.6 is 0 Å². The third-order valence-electron chi connectivity index (χ3n) is 3.76. The largest absolute Gasteiger partial charge is 0.449 e. The fraction of sp³-hybridized carbons (Fsp3) is 0.211. The summed E-state index contributed by atoms with van der Waals surface area (Å²) in [5, 5.41) is 0. The molecule has 0 spiro atoms. The second-order valence-electron chi connectivity index (χ2n) is 5.26. The van der Waals surface area contributed by atoms with Crippen molar-refractivity contribution in [2.75, 3.05) is 11.5 Å². The lowest BCUT2D eigenvalue weighted by Gasteiger charge is -2.25. The quantitative estimate of drug-likeness (QED) is 0.849. The monoisotopic (exact) mass is 309 g/mol. The summed E-state index contributed by atoms with van der Waals surface area (Å²) >= 11 is 0. The molecule has 0 radical (unpaired) electrons. The molecule has 118 valence electrons. The van der Waals surface area contributed by atoms with Crippen molar-refractivity contribution in [3.63, 3.8) is 0 Å². The number of ether oxygens (including phenoxy) is 2. The Balaban J connectivity index is 1.85. The first kappa shape index (κ1) is 15.3. The van der Waals surface area contributed by atoms with Gasteiger partial charge in [0.1, 0.15) is 0 Å². The van der Waals surface area contributed by atoms with Gasteiger partial charge in [0.15, 0.2) is 6.23 Å². The van der Waals surface area contributed by atoms with Gasteiger partial charge in [0.2, 0.25) is 0 Å². The highest BCUT2D eigenvalue weighted by atomic mass is 16.6. The highest BCUT2D eigenvalue weighted by Crippen LogP contribution is 2.40. The van der Waals surface area contributed by atoms with E-state index in [1.807, 2.05) is 54.6 Å². The Labute approximate surface area is 135 Å². The van der Waals surface area contributed by atoms with Crippen LogP contribution in [0.2, 0.25) is 0 Å². The second kappa shape index (κ2) is 6.67. The van der Waals surface area contributed by atoms with Gasteiger partial charge in [-0.3, -0.25) is 0 Å². The van der Waals surface area contributed by atoms with Gasteiger partial charge in [0, 0.05) is 11.1 Å². The molecular weight excluding hydrogens is 290 g/mol. The summed E-state index contributed by atoms with van der Waals surface area (Å²) in [5.74, 6) is 0. The summed E-state index contributed by atoms with van der Waals surface area (Å²) in [7, 11) is 0. The number of carbonyl (C=O) groups is 1. The van der Waals surface area contributed by atoms with Crippen molar-refractivity contribution in [3.8, 4) is 0 Å². The molecule has 2 aromatic rings. The third kappa shape index (κ3) is 2.98. The SMILES string of the molecule is C=C1c2ccccc2N(C(=O)OCC)C1OCc1ccccc1. The Morgan fingerprint density at radius 2 is 1.83 bits per heavy atom. The number of hydrogen-bond donors (Lipinski definition) is 0. The number of fused-ring (bicyclic) bond motifs is 1. The third-order valence-corrected chi connectivity index (χ3v) is 3.76. The highest BCUT2D eigenvalue weighted by Gasteiger charge is 2.38. The average Bonchev–Trinajstić information content (AvgIpc) is 2.87. The van der Waals surface area contributed by atoms with Crippen LogP contribution in [0.4, 0.5) is 10.5 Å².